The van der Waals surface area contributed by atoms with Gasteiger partial charge in [0.05, 0.1) is 0 Å². The van der Waals surface area contributed by atoms with Gasteiger partial charge in [0.1, 0.15) is 5.69 Å². The molecule has 2 heterocycles. The van der Waals surface area contributed by atoms with Crippen molar-refractivity contribution in [2.45, 2.75) is 26.2 Å². The number of thiazole rings is 1. The minimum absolute atomic E-state index is 0.0479. The summed E-state index contributed by atoms with van der Waals surface area (Å²) in [5.74, 6) is 0.701. The fourth-order valence-corrected chi connectivity index (χ4v) is 4.43. The van der Waals surface area contributed by atoms with Crippen LogP contribution in [-0.4, -0.2) is 28.9 Å². The number of piperidine rings is 1. The molecule has 5 heteroatoms. The predicted molar refractivity (Wildman–Crippen MR) is 115 cm³/mol. The van der Waals surface area contributed by atoms with Gasteiger partial charge < -0.3 is 10.2 Å². The summed E-state index contributed by atoms with van der Waals surface area (Å²) in [5.41, 5.74) is 4.12. The molecule has 0 spiro atoms. The summed E-state index contributed by atoms with van der Waals surface area (Å²) in [5, 5.41) is 5.91. The molecule has 28 heavy (non-hydrogen) atoms. The molecule has 1 aromatic heterocycles. The number of amides is 1. The Morgan fingerprint density at radius 1 is 1.14 bits per heavy atom. The number of nitrogens with zero attached hydrogens (tertiary/aromatic N) is 2. The molecule has 2 aromatic carbocycles. The van der Waals surface area contributed by atoms with Gasteiger partial charge in [0, 0.05) is 24.2 Å². The maximum absolute atomic E-state index is 12.8. The number of anilines is 2. The third-order valence-corrected chi connectivity index (χ3v) is 6.02. The van der Waals surface area contributed by atoms with Gasteiger partial charge in [0.15, 0.2) is 5.13 Å². The monoisotopic (exact) mass is 391 g/mol. The summed E-state index contributed by atoms with van der Waals surface area (Å²) in [4.78, 5) is 19.3. The van der Waals surface area contributed by atoms with E-state index in [1.807, 2.05) is 22.4 Å². The van der Waals surface area contributed by atoms with Crippen LogP contribution in [-0.2, 0) is 6.42 Å². The third kappa shape index (κ3) is 4.60. The molecule has 3 aromatic rings. The molecule has 0 atom stereocenters. The van der Waals surface area contributed by atoms with E-state index >= 15 is 0 Å². The highest BCUT2D eigenvalue weighted by molar-refractivity contribution is 7.14. The van der Waals surface area contributed by atoms with Gasteiger partial charge in [-0.2, -0.15) is 0 Å². The fraction of sp³-hybridized carbons (Fsp3) is 0.304. The van der Waals surface area contributed by atoms with Gasteiger partial charge in [-0.05, 0) is 55.4 Å². The van der Waals surface area contributed by atoms with Gasteiger partial charge in [0.25, 0.3) is 5.91 Å². The average Bonchev–Trinajstić information content (AvgIpc) is 3.17. The van der Waals surface area contributed by atoms with E-state index in [0.717, 1.165) is 43.2 Å². The number of aryl methyl sites for hydroxylation is 1. The lowest BCUT2D eigenvalue weighted by atomic mass is 9.90. The van der Waals surface area contributed by atoms with Gasteiger partial charge in [0.2, 0.25) is 0 Å². The third-order valence-electron chi connectivity index (χ3n) is 5.26. The molecule has 0 saturated carbocycles. The first-order chi connectivity index (χ1) is 13.7. The topological polar surface area (TPSA) is 45.2 Å². The van der Waals surface area contributed by atoms with Crippen molar-refractivity contribution in [3.05, 3.63) is 76.8 Å². The van der Waals surface area contributed by atoms with Crippen LogP contribution < -0.4 is 5.32 Å². The minimum Gasteiger partial charge on any atom is -0.337 e. The molecular weight excluding hydrogens is 366 g/mol. The highest BCUT2D eigenvalue weighted by atomic mass is 32.1. The van der Waals surface area contributed by atoms with Crippen molar-refractivity contribution in [2.24, 2.45) is 5.92 Å². The second kappa shape index (κ2) is 8.57. The fourth-order valence-electron chi connectivity index (χ4n) is 3.73. The van der Waals surface area contributed by atoms with Crippen LogP contribution in [0, 0.1) is 12.8 Å². The summed E-state index contributed by atoms with van der Waals surface area (Å²) >= 11 is 1.48. The number of benzene rings is 2. The molecular formula is C23H25N3OS. The maximum atomic E-state index is 12.8. The Labute approximate surface area is 170 Å². The Kier molecular flexibility index (Phi) is 5.72. The van der Waals surface area contributed by atoms with Crippen molar-refractivity contribution >= 4 is 28.1 Å². The lowest BCUT2D eigenvalue weighted by molar-refractivity contribution is 0.0685. The van der Waals surface area contributed by atoms with E-state index in [2.05, 4.69) is 59.7 Å². The van der Waals surface area contributed by atoms with Crippen molar-refractivity contribution in [2.75, 3.05) is 18.4 Å². The molecule has 0 unspecified atom stereocenters. The van der Waals surface area contributed by atoms with E-state index in [9.17, 15) is 4.79 Å². The molecule has 4 nitrogen and oxygen atoms in total. The molecule has 4 rings (SSSR count). The number of carbonyl (C=O) groups excluding carboxylic acids is 1. The number of carbonyl (C=O) groups is 1. The quantitative estimate of drug-likeness (QED) is 0.643. The molecule has 1 saturated heterocycles. The van der Waals surface area contributed by atoms with Crippen molar-refractivity contribution < 1.29 is 4.79 Å². The summed E-state index contributed by atoms with van der Waals surface area (Å²) in [6, 6.07) is 18.8. The number of hydrogen-bond donors (Lipinski definition) is 1. The largest absolute Gasteiger partial charge is 0.337 e. The van der Waals surface area contributed by atoms with Crippen molar-refractivity contribution in [1.29, 1.82) is 0 Å². The zero-order valence-electron chi connectivity index (χ0n) is 16.1. The van der Waals surface area contributed by atoms with E-state index in [4.69, 9.17) is 0 Å². The molecule has 0 aliphatic carbocycles. The van der Waals surface area contributed by atoms with Crippen LogP contribution >= 0.6 is 11.3 Å². The van der Waals surface area contributed by atoms with Crippen molar-refractivity contribution in [3.8, 4) is 0 Å². The summed E-state index contributed by atoms with van der Waals surface area (Å²) in [7, 11) is 0. The Balaban J connectivity index is 1.32. The molecule has 1 amide bonds. The predicted octanol–water partition coefficient (Wildman–Crippen LogP) is 5.29. The van der Waals surface area contributed by atoms with Gasteiger partial charge in [-0.3, -0.25) is 4.79 Å². The molecule has 1 aliphatic rings. The zero-order chi connectivity index (χ0) is 19.3. The SMILES string of the molecule is Cc1cccc(Nc2nc(C(=O)N3CCC(Cc4ccccc4)CC3)cs2)c1. The van der Waals surface area contributed by atoms with Gasteiger partial charge in [-0.25, -0.2) is 4.98 Å². The number of rotatable bonds is 5. The first kappa shape index (κ1) is 18.7. The molecule has 0 radical (unpaired) electrons. The molecule has 1 fully saturated rings. The lowest BCUT2D eigenvalue weighted by Gasteiger charge is -2.31. The van der Waals surface area contributed by atoms with Crippen LogP contribution in [0.4, 0.5) is 10.8 Å². The zero-order valence-corrected chi connectivity index (χ0v) is 16.9. The summed E-state index contributed by atoms with van der Waals surface area (Å²) in [6.07, 6.45) is 3.21. The van der Waals surface area contributed by atoms with Crippen LogP contribution in [0.15, 0.2) is 60.0 Å². The number of likely N-dealkylation sites (tertiary alicyclic amines) is 1. The Bertz CT molecular complexity index is 930. The van der Waals surface area contributed by atoms with E-state index in [1.165, 1.54) is 22.5 Å². The number of hydrogen-bond acceptors (Lipinski definition) is 4. The smallest absolute Gasteiger partial charge is 0.273 e. The lowest BCUT2D eigenvalue weighted by Crippen LogP contribution is -2.39. The second-order valence-corrected chi connectivity index (χ2v) is 8.32. The second-order valence-electron chi connectivity index (χ2n) is 7.46. The van der Waals surface area contributed by atoms with Crippen LogP contribution in [0.5, 0.6) is 0 Å². The molecule has 144 valence electrons. The summed E-state index contributed by atoms with van der Waals surface area (Å²) < 4.78 is 0. The van der Waals surface area contributed by atoms with E-state index in [1.54, 1.807) is 0 Å². The van der Waals surface area contributed by atoms with Gasteiger partial charge >= 0.3 is 0 Å². The summed E-state index contributed by atoms with van der Waals surface area (Å²) in [6.45, 7) is 3.69. The van der Waals surface area contributed by atoms with E-state index in [0.29, 0.717) is 11.6 Å². The molecule has 0 bridgehead atoms. The minimum atomic E-state index is 0.0479. The Morgan fingerprint density at radius 2 is 1.93 bits per heavy atom. The van der Waals surface area contributed by atoms with Crippen LogP contribution in [0.2, 0.25) is 0 Å². The highest BCUT2D eigenvalue weighted by Crippen LogP contribution is 2.25. The van der Waals surface area contributed by atoms with Gasteiger partial charge in [-0.15, -0.1) is 11.3 Å². The molecule has 1 aliphatic heterocycles. The number of aromatic nitrogens is 1. The van der Waals surface area contributed by atoms with Crippen LogP contribution in [0.25, 0.3) is 0 Å². The Morgan fingerprint density at radius 3 is 2.68 bits per heavy atom. The highest BCUT2D eigenvalue weighted by Gasteiger charge is 2.25. The number of nitrogens with one attached hydrogen (secondary N) is 1. The van der Waals surface area contributed by atoms with E-state index in [-0.39, 0.29) is 5.91 Å². The standard InChI is InChI=1S/C23H25N3OS/c1-17-6-5-9-20(14-17)24-23-25-21(16-28-23)22(27)26-12-10-19(11-13-26)15-18-7-3-2-4-8-18/h2-9,14,16,19H,10-13,15H2,1H3,(H,24,25). The molecule has 1 N–H and O–H groups in total. The Hall–Kier alpha value is -2.66. The first-order valence-electron chi connectivity index (χ1n) is 9.80. The van der Waals surface area contributed by atoms with Crippen molar-refractivity contribution in [3.63, 3.8) is 0 Å². The van der Waals surface area contributed by atoms with Crippen molar-refractivity contribution in [1.82, 2.24) is 9.88 Å². The normalized spacial score (nSPS) is 14.8. The van der Waals surface area contributed by atoms with Crippen LogP contribution in [0.3, 0.4) is 0 Å². The van der Waals surface area contributed by atoms with Gasteiger partial charge in [-0.1, -0.05) is 42.5 Å². The average molecular weight is 392 g/mol. The first-order valence-corrected chi connectivity index (χ1v) is 10.7. The maximum Gasteiger partial charge on any atom is 0.273 e. The van der Waals surface area contributed by atoms with E-state index < -0.39 is 0 Å². The van der Waals surface area contributed by atoms with Crippen LogP contribution in [0.1, 0.15) is 34.5 Å².